The van der Waals surface area contributed by atoms with E-state index in [0.29, 0.717) is 0 Å². The van der Waals surface area contributed by atoms with Crippen LogP contribution >= 0.6 is 11.3 Å². The molecule has 0 nitrogen and oxygen atoms in total. The summed E-state index contributed by atoms with van der Waals surface area (Å²) in [5.41, 5.74) is 2.34. The Morgan fingerprint density at radius 2 is 1.71 bits per heavy atom. The lowest BCUT2D eigenvalue weighted by Gasteiger charge is -1.95. The standard InChI is InChI=1S/C15H11FS/c1-10-2-3-12-9-15(17-14(12)8-10)11-4-6-13(16)7-5-11/h2-9H,1H3. The lowest BCUT2D eigenvalue weighted by molar-refractivity contribution is 0.628. The maximum absolute atomic E-state index is 12.9. The Kier molecular flexibility index (Phi) is 2.45. The first-order chi connectivity index (χ1) is 8.22. The van der Waals surface area contributed by atoms with Crippen LogP contribution < -0.4 is 0 Å². The topological polar surface area (TPSA) is 0 Å². The van der Waals surface area contributed by atoms with E-state index in [2.05, 4.69) is 31.2 Å². The quantitative estimate of drug-likeness (QED) is 0.562. The van der Waals surface area contributed by atoms with Gasteiger partial charge in [-0.15, -0.1) is 11.3 Å². The van der Waals surface area contributed by atoms with Gasteiger partial charge in [0, 0.05) is 9.58 Å². The van der Waals surface area contributed by atoms with Crippen LogP contribution in [0.3, 0.4) is 0 Å². The van der Waals surface area contributed by atoms with Crippen molar-refractivity contribution in [3.63, 3.8) is 0 Å². The van der Waals surface area contributed by atoms with Gasteiger partial charge in [0.2, 0.25) is 0 Å². The summed E-state index contributed by atoms with van der Waals surface area (Å²) in [5, 5.41) is 1.25. The van der Waals surface area contributed by atoms with Crippen LogP contribution in [0.4, 0.5) is 4.39 Å². The highest BCUT2D eigenvalue weighted by Crippen LogP contribution is 2.33. The first-order valence-corrected chi connectivity index (χ1v) is 6.30. The summed E-state index contributed by atoms with van der Waals surface area (Å²) >= 11 is 1.75. The van der Waals surface area contributed by atoms with Crippen LogP contribution in [0.15, 0.2) is 48.5 Å². The van der Waals surface area contributed by atoms with Gasteiger partial charge >= 0.3 is 0 Å². The molecule has 0 aliphatic heterocycles. The van der Waals surface area contributed by atoms with Crippen LogP contribution in [0.2, 0.25) is 0 Å². The van der Waals surface area contributed by atoms with Gasteiger partial charge in [-0.3, -0.25) is 0 Å². The zero-order chi connectivity index (χ0) is 11.8. The minimum absolute atomic E-state index is 0.189. The molecule has 0 saturated heterocycles. The monoisotopic (exact) mass is 242 g/mol. The molecule has 3 rings (SSSR count). The number of halogens is 1. The Hall–Kier alpha value is -1.67. The largest absolute Gasteiger partial charge is 0.207 e. The highest BCUT2D eigenvalue weighted by atomic mass is 32.1. The fraction of sp³-hybridized carbons (Fsp3) is 0.0667. The average molecular weight is 242 g/mol. The summed E-state index contributed by atoms with van der Waals surface area (Å²) < 4.78 is 14.1. The van der Waals surface area contributed by atoms with Crippen molar-refractivity contribution >= 4 is 21.4 Å². The molecular weight excluding hydrogens is 231 g/mol. The van der Waals surface area contributed by atoms with E-state index in [0.717, 1.165) is 5.56 Å². The summed E-state index contributed by atoms with van der Waals surface area (Å²) in [6, 6.07) is 15.3. The molecule has 0 aliphatic carbocycles. The highest BCUT2D eigenvalue weighted by molar-refractivity contribution is 7.22. The first kappa shape index (κ1) is 10.5. The molecule has 0 amide bonds. The first-order valence-electron chi connectivity index (χ1n) is 5.48. The molecule has 2 aromatic carbocycles. The van der Waals surface area contributed by atoms with E-state index in [4.69, 9.17) is 0 Å². The van der Waals surface area contributed by atoms with Crippen LogP contribution in [0.1, 0.15) is 5.56 Å². The summed E-state index contributed by atoms with van der Waals surface area (Å²) in [7, 11) is 0. The van der Waals surface area contributed by atoms with Crippen LogP contribution in [0.5, 0.6) is 0 Å². The van der Waals surface area contributed by atoms with Gasteiger partial charge in [0.25, 0.3) is 0 Å². The Labute approximate surface area is 103 Å². The van der Waals surface area contributed by atoms with Crippen molar-refractivity contribution in [3.8, 4) is 10.4 Å². The molecule has 0 spiro atoms. The molecule has 2 heteroatoms. The molecule has 0 atom stereocenters. The van der Waals surface area contributed by atoms with Crippen molar-refractivity contribution in [1.82, 2.24) is 0 Å². The second-order valence-corrected chi connectivity index (χ2v) is 5.24. The third kappa shape index (κ3) is 1.96. The van der Waals surface area contributed by atoms with Crippen molar-refractivity contribution in [1.29, 1.82) is 0 Å². The number of fused-ring (bicyclic) bond motifs is 1. The van der Waals surface area contributed by atoms with E-state index in [9.17, 15) is 4.39 Å². The summed E-state index contributed by atoms with van der Waals surface area (Å²) in [6.45, 7) is 2.09. The molecule has 0 N–H and O–H groups in total. The summed E-state index contributed by atoms with van der Waals surface area (Å²) in [5.74, 6) is -0.189. The van der Waals surface area contributed by atoms with Crippen LogP contribution in [0.25, 0.3) is 20.5 Å². The van der Waals surface area contributed by atoms with Gasteiger partial charge in [0.15, 0.2) is 0 Å². The van der Waals surface area contributed by atoms with Gasteiger partial charge in [0.05, 0.1) is 0 Å². The van der Waals surface area contributed by atoms with Crippen molar-refractivity contribution in [2.24, 2.45) is 0 Å². The molecule has 1 aromatic heterocycles. The maximum Gasteiger partial charge on any atom is 0.123 e. The van der Waals surface area contributed by atoms with Crippen LogP contribution in [0, 0.1) is 12.7 Å². The molecule has 0 radical (unpaired) electrons. The molecule has 0 unspecified atom stereocenters. The SMILES string of the molecule is Cc1ccc2cc(-c3ccc(F)cc3)sc2c1. The highest BCUT2D eigenvalue weighted by Gasteiger charge is 2.04. The molecule has 0 saturated carbocycles. The Balaban J connectivity index is 2.14. The lowest BCUT2D eigenvalue weighted by Crippen LogP contribution is -1.73. The number of benzene rings is 2. The van der Waals surface area contributed by atoms with Gasteiger partial charge in [-0.25, -0.2) is 4.39 Å². The molecule has 0 aliphatic rings. The minimum Gasteiger partial charge on any atom is -0.207 e. The zero-order valence-electron chi connectivity index (χ0n) is 9.41. The van der Waals surface area contributed by atoms with Crippen LogP contribution in [-0.2, 0) is 0 Å². The smallest absolute Gasteiger partial charge is 0.123 e. The van der Waals surface area contributed by atoms with E-state index < -0.39 is 0 Å². The minimum atomic E-state index is -0.189. The third-order valence-corrected chi connectivity index (χ3v) is 3.95. The Morgan fingerprint density at radius 3 is 2.47 bits per heavy atom. The summed E-state index contributed by atoms with van der Waals surface area (Å²) in [6.07, 6.45) is 0. The molecule has 1 heterocycles. The predicted octanol–water partition coefficient (Wildman–Crippen LogP) is 5.02. The second-order valence-electron chi connectivity index (χ2n) is 4.16. The summed E-state index contributed by atoms with van der Waals surface area (Å²) in [4.78, 5) is 1.19. The van der Waals surface area contributed by atoms with Gasteiger partial charge in [-0.2, -0.15) is 0 Å². The second kappa shape index (κ2) is 3.97. The normalized spacial score (nSPS) is 10.9. The van der Waals surface area contributed by atoms with E-state index in [1.54, 1.807) is 11.3 Å². The van der Waals surface area contributed by atoms with E-state index in [-0.39, 0.29) is 5.82 Å². The lowest BCUT2D eigenvalue weighted by atomic mass is 10.1. The fourth-order valence-electron chi connectivity index (χ4n) is 1.89. The Morgan fingerprint density at radius 1 is 0.941 bits per heavy atom. The van der Waals surface area contributed by atoms with E-state index >= 15 is 0 Å². The van der Waals surface area contributed by atoms with Gasteiger partial charge in [0.1, 0.15) is 5.82 Å². The van der Waals surface area contributed by atoms with Gasteiger partial charge < -0.3 is 0 Å². The number of hydrogen-bond acceptors (Lipinski definition) is 1. The maximum atomic E-state index is 12.9. The zero-order valence-corrected chi connectivity index (χ0v) is 10.2. The van der Waals surface area contributed by atoms with Gasteiger partial charge in [-0.05, 0) is 47.7 Å². The van der Waals surface area contributed by atoms with Crippen molar-refractivity contribution in [2.75, 3.05) is 0 Å². The predicted molar refractivity (Wildman–Crippen MR) is 72.0 cm³/mol. The number of hydrogen-bond donors (Lipinski definition) is 0. The molecule has 84 valence electrons. The fourth-order valence-corrected chi connectivity index (χ4v) is 3.06. The molecule has 17 heavy (non-hydrogen) atoms. The van der Waals surface area contributed by atoms with Gasteiger partial charge in [-0.1, -0.05) is 24.3 Å². The molecule has 0 bridgehead atoms. The molecular formula is C15H11FS. The van der Waals surface area contributed by atoms with Crippen molar-refractivity contribution in [3.05, 3.63) is 59.9 Å². The van der Waals surface area contributed by atoms with Crippen LogP contribution in [-0.4, -0.2) is 0 Å². The third-order valence-electron chi connectivity index (χ3n) is 2.80. The number of thiophene rings is 1. The van der Waals surface area contributed by atoms with E-state index in [1.165, 1.54) is 32.7 Å². The van der Waals surface area contributed by atoms with E-state index in [1.807, 2.05) is 12.1 Å². The average Bonchev–Trinajstić information content (AvgIpc) is 2.72. The van der Waals surface area contributed by atoms with Crippen molar-refractivity contribution < 1.29 is 4.39 Å². The Bertz CT molecular complexity index is 665. The number of rotatable bonds is 1. The molecule has 3 aromatic rings. The number of aryl methyl sites for hydroxylation is 1. The van der Waals surface area contributed by atoms with Crippen molar-refractivity contribution in [2.45, 2.75) is 6.92 Å². The molecule has 0 fully saturated rings.